The molecule has 0 spiro atoms. The van der Waals surface area contributed by atoms with Crippen LogP contribution in [0.4, 0.5) is 5.69 Å². The minimum Gasteiger partial charge on any atom is -0.324 e. The number of para-hydroxylation sites is 1. The van der Waals surface area contributed by atoms with Crippen molar-refractivity contribution in [1.29, 1.82) is 0 Å². The van der Waals surface area contributed by atoms with Crippen molar-refractivity contribution in [2.45, 2.75) is 43.8 Å². The average molecular weight is 427 g/mol. The van der Waals surface area contributed by atoms with Crippen molar-refractivity contribution < 1.29 is 9.36 Å². The molecule has 1 aliphatic heterocycles. The van der Waals surface area contributed by atoms with E-state index in [4.69, 9.17) is 0 Å². The van der Waals surface area contributed by atoms with Gasteiger partial charge in [-0.15, -0.1) is 0 Å². The van der Waals surface area contributed by atoms with Gasteiger partial charge in [-0.25, -0.2) is 14.0 Å². The number of carbonyl (C=O) groups excluding carboxylic acids is 1. The quantitative estimate of drug-likeness (QED) is 0.709. The number of carbonyl (C=O) groups is 1. The van der Waals surface area contributed by atoms with Gasteiger partial charge in [0.1, 0.15) is 6.04 Å². The lowest BCUT2D eigenvalue weighted by Crippen LogP contribution is -2.38. The Labute approximate surface area is 179 Å². The van der Waals surface area contributed by atoms with Gasteiger partial charge in [0.05, 0.1) is 0 Å². The topological polar surface area (TPSA) is 55.9 Å². The summed E-state index contributed by atoms with van der Waals surface area (Å²) in [6.07, 6.45) is 4.43. The number of hydrogen-bond donors (Lipinski definition) is 1. The Balaban J connectivity index is 1.70. The van der Waals surface area contributed by atoms with E-state index in [-0.39, 0.29) is 18.0 Å². The van der Waals surface area contributed by atoms with Crippen molar-refractivity contribution in [1.82, 2.24) is 14.0 Å². The largest absolute Gasteiger partial charge is 0.324 e. The number of nitrogens with one attached hydrogen (secondary N) is 1. The van der Waals surface area contributed by atoms with Gasteiger partial charge < -0.3 is 5.32 Å². The minimum absolute atomic E-state index is 0.179. The summed E-state index contributed by atoms with van der Waals surface area (Å²) in [5.74, 6) is -0.179. The highest BCUT2D eigenvalue weighted by Gasteiger charge is 2.55. The summed E-state index contributed by atoms with van der Waals surface area (Å²) < 4.78 is 20.4. The van der Waals surface area contributed by atoms with E-state index in [1.54, 1.807) is 4.67 Å². The molecule has 2 aromatic rings. The van der Waals surface area contributed by atoms with Crippen molar-refractivity contribution >= 4 is 19.2 Å². The van der Waals surface area contributed by atoms with Crippen LogP contribution in [-0.4, -0.2) is 53.1 Å². The first-order chi connectivity index (χ1) is 14.4. The van der Waals surface area contributed by atoms with Crippen molar-refractivity contribution in [3.8, 4) is 0 Å². The highest BCUT2D eigenvalue weighted by molar-refractivity contribution is 7.56. The van der Waals surface area contributed by atoms with Crippen LogP contribution in [0.25, 0.3) is 0 Å². The molecule has 4 rings (SSSR count). The van der Waals surface area contributed by atoms with Crippen LogP contribution in [0.2, 0.25) is 0 Å². The molecule has 3 atom stereocenters. The lowest BCUT2D eigenvalue weighted by atomic mass is 9.91. The number of anilines is 1. The Kier molecular flexibility index (Phi) is 6.12. The second-order valence-electron chi connectivity index (χ2n) is 8.32. The second-order valence-corrected chi connectivity index (χ2v) is 11.2. The molecule has 0 radical (unpaired) electrons. The van der Waals surface area contributed by atoms with Crippen LogP contribution in [0.3, 0.4) is 0 Å². The number of fused-ring (bicyclic) bond motifs is 1. The maximum Gasteiger partial charge on any atom is 0.287 e. The Morgan fingerprint density at radius 3 is 2.00 bits per heavy atom. The zero-order valence-corrected chi connectivity index (χ0v) is 18.8. The fourth-order valence-electron chi connectivity index (χ4n) is 5.07. The van der Waals surface area contributed by atoms with Crippen molar-refractivity contribution in [3.05, 3.63) is 66.2 Å². The monoisotopic (exact) mass is 426 g/mol. The van der Waals surface area contributed by atoms with Crippen LogP contribution in [0, 0.1) is 0 Å². The third-order valence-electron chi connectivity index (χ3n) is 6.67. The zero-order valence-electron chi connectivity index (χ0n) is 17.9. The fraction of sp³-hybridized carbons (Fsp3) is 0.435. The van der Waals surface area contributed by atoms with Gasteiger partial charge in [-0.2, -0.15) is 0 Å². The Morgan fingerprint density at radius 1 is 0.967 bits per heavy atom. The first-order valence-electron chi connectivity index (χ1n) is 10.7. The summed E-state index contributed by atoms with van der Waals surface area (Å²) in [6, 6.07) is 18.9. The van der Waals surface area contributed by atoms with Crippen LogP contribution < -0.4 is 5.32 Å². The Morgan fingerprint density at radius 2 is 1.47 bits per heavy atom. The smallest absolute Gasteiger partial charge is 0.287 e. The molecule has 2 fully saturated rings. The lowest BCUT2D eigenvalue weighted by molar-refractivity contribution is -0.119. The molecule has 30 heavy (non-hydrogen) atoms. The molecule has 1 heterocycles. The Bertz CT molecular complexity index is 901. The first kappa shape index (κ1) is 21.3. The molecule has 160 valence electrons. The number of likely N-dealkylation sites (N-methyl/N-ethyl adjacent to an activating group) is 3. The second kappa shape index (κ2) is 8.64. The van der Waals surface area contributed by atoms with Crippen molar-refractivity contribution in [2.75, 3.05) is 26.5 Å². The van der Waals surface area contributed by atoms with E-state index in [0.29, 0.717) is 0 Å². The van der Waals surface area contributed by atoms with Crippen LogP contribution in [-0.2, 0) is 9.36 Å². The SMILES string of the molecule is CN(C(C(=O)Nc1ccccc1)c1ccccc1)P1(=O)N(C)[C@@H]2CCCC[C@H]2N1C. The molecule has 0 aromatic heterocycles. The van der Waals surface area contributed by atoms with Gasteiger partial charge in [0, 0.05) is 17.8 Å². The summed E-state index contributed by atoms with van der Waals surface area (Å²) >= 11 is 0. The highest BCUT2D eigenvalue weighted by atomic mass is 31.2. The minimum atomic E-state index is -3.09. The highest BCUT2D eigenvalue weighted by Crippen LogP contribution is 2.65. The first-order valence-corrected chi connectivity index (χ1v) is 12.2. The number of hydrogen-bond acceptors (Lipinski definition) is 2. The summed E-state index contributed by atoms with van der Waals surface area (Å²) in [6.45, 7) is 0. The number of amides is 1. The fourth-order valence-corrected chi connectivity index (χ4v) is 8.26. The molecule has 1 N–H and O–H groups in total. The predicted molar refractivity (Wildman–Crippen MR) is 121 cm³/mol. The molecule has 1 unspecified atom stereocenters. The van der Waals surface area contributed by atoms with E-state index < -0.39 is 13.6 Å². The lowest BCUT2D eigenvalue weighted by Gasteiger charge is -2.38. The third kappa shape index (κ3) is 3.63. The van der Waals surface area contributed by atoms with Gasteiger partial charge in [-0.1, -0.05) is 61.4 Å². The van der Waals surface area contributed by atoms with Crippen LogP contribution in [0.1, 0.15) is 37.3 Å². The van der Waals surface area contributed by atoms with Crippen LogP contribution >= 0.6 is 7.59 Å². The van der Waals surface area contributed by atoms with Gasteiger partial charge >= 0.3 is 0 Å². The van der Waals surface area contributed by atoms with E-state index in [0.717, 1.165) is 24.1 Å². The van der Waals surface area contributed by atoms with Gasteiger partial charge in [-0.05, 0) is 51.7 Å². The van der Waals surface area contributed by atoms with Crippen molar-refractivity contribution in [3.63, 3.8) is 0 Å². The van der Waals surface area contributed by atoms with Gasteiger partial charge in [0.2, 0.25) is 5.91 Å². The molecule has 1 amide bonds. The zero-order chi connectivity index (χ0) is 21.3. The molecule has 2 aromatic carbocycles. The van der Waals surface area contributed by atoms with E-state index in [1.807, 2.05) is 91.1 Å². The van der Waals surface area contributed by atoms with Crippen LogP contribution in [0.15, 0.2) is 60.7 Å². The molecule has 1 saturated carbocycles. The molecular weight excluding hydrogens is 395 g/mol. The normalized spacial score (nSPS) is 25.1. The average Bonchev–Trinajstić information content (AvgIpc) is 2.97. The summed E-state index contributed by atoms with van der Waals surface area (Å²) in [4.78, 5) is 13.5. The molecule has 0 bridgehead atoms. The third-order valence-corrected chi connectivity index (χ3v) is 9.96. The summed E-state index contributed by atoms with van der Waals surface area (Å²) in [5.41, 5.74) is 1.57. The molecule has 2 aliphatic rings. The maximum atomic E-state index is 14.5. The maximum absolute atomic E-state index is 14.5. The van der Waals surface area contributed by atoms with Crippen molar-refractivity contribution in [2.24, 2.45) is 0 Å². The van der Waals surface area contributed by atoms with Gasteiger partial charge in [-0.3, -0.25) is 9.36 Å². The summed E-state index contributed by atoms with van der Waals surface area (Å²) in [7, 11) is 2.66. The molecule has 6 nitrogen and oxygen atoms in total. The standard InChI is InChI=1S/C23H31N4O2P/c1-25-20-16-10-11-17-21(20)26(2)30(25,29)27(3)22(18-12-6-4-7-13-18)23(28)24-19-14-8-5-9-15-19/h4-9,12-15,20-22H,10-11,16-17H2,1-3H3,(H,24,28)/t20-,21-,22?/m1/s1. The van der Waals surface area contributed by atoms with E-state index >= 15 is 0 Å². The predicted octanol–water partition coefficient (Wildman–Crippen LogP) is 4.59. The van der Waals surface area contributed by atoms with Gasteiger partial charge in [0.25, 0.3) is 7.59 Å². The number of nitrogens with zero attached hydrogens (tertiary/aromatic N) is 3. The summed E-state index contributed by atoms with van der Waals surface area (Å²) in [5, 5.41) is 3.02. The molecule has 1 saturated heterocycles. The molecule has 7 heteroatoms. The van der Waals surface area contributed by atoms with E-state index in [1.165, 1.54) is 12.8 Å². The number of benzene rings is 2. The van der Waals surface area contributed by atoms with Crippen LogP contribution in [0.5, 0.6) is 0 Å². The number of rotatable bonds is 5. The van der Waals surface area contributed by atoms with E-state index in [2.05, 4.69) is 5.32 Å². The van der Waals surface area contributed by atoms with Gasteiger partial charge in [0.15, 0.2) is 0 Å². The molecule has 1 aliphatic carbocycles. The van der Waals surface area contributed by atoms with E-state index in [9.17, 15) is 9.36 Å². The molecular formula is C23H31N4O2P. The Hall–Kier alpha value is -1.98.